The number of hydrogen-bond donors (Lipinski definition) is 3. The van der Waals surface area contributed by atoms with Crippen LogP contribution < -0.4 is 11.1 Å². The Morgan fingerprint density at radius 3 is 2.36 bits per heavy atom. The van der Waals surface area contributed by atoms with Crippen molar-refractivity contribution in [3.8, 4) is 22.5 Å². The molecule has 12 heteroatoms. The number of carbonyl (C=O) groups is 2. The normalized spacial score (nSPS) is 19.9. The van der Waals surface area contributed by atoms with Crippen molar-refractivity contribution in [3.05, 3.63) is 118 Å². The van der Waals surface area contributed by atoms with E-state index in [4.69, 9.17) is 20.2 Å². The lowest BCUT2D eigenvalue weighted by Crippen LogP contribution is -2.55. The predicted molar refractivity (Wildman–Crippen MR) is 203 cm³/mol. The summed E-state index contributed by atoms with van der Waals surface area (Å²) in [5.41, 5.74) is 16.0. The van der Waals surface area contributed by atoms with Crippen molar-refractivity contribution in [3.63, 3.8) is 0 Å². The third kappa shape index (κ3) is 7.11. The number of likely N-dealkylation sites (tertiary alicyclic amines) is 1. The number of aromatic nitrogens is 3. The quantitative estimate of drug-likeness (QED) is 0.142. The number of rotatable bonds is 7. The second kappa shape index (κ2) is 14.6. The van der Waals surface area contributed by atoms with Crippen LogP contribution in [0.25, 0.3) is 22.5 Å². The fourth-order valence-electron chi connectivity index (χ4n) is 8.77. The number of nitrogens with one attached hydrogen (secondary N) is 1. The zero-order chi connectivity index (χ0) is 38.4. The molecule has 10 nitrogen and oxygen atoms in total. The van der Waals surface area contributed by atoms with Gasteiger partial charge in [0.2, 0.25) is 0 Å². The molecule has 3 aromatic carbocycles. The van der Waals surface area contributed by atoms with Gasteiger partial charge in [0.1, 0.15) is 17.5 Å². The van der Waals surface area contributed by atoms with E-state index in [-0.39, 0.29) is 22.4 Å². The van der Waals surface area contributed by atoms with Gasteiger partial charge in [-0.25, -0.2) is 18.7 Å². The van der Waals surface area contributed by atoms with Gasteiger partial charge in [-0.3, -0.25) is 14.5 Å². The smallest absolute Gasteiger partial charge is 0.309 e. The number of carboxylic acids is 1. The van der Waals surface area contributed by atoms with Crippen LogP contribution >= 0.6 is 0 Å². The number of fused-ring (bicyclic) bond motifs is 3. The fourth-order valence-corrected chi connectivity index (χ4v) is 8.77. The van der Waals surface area contributed by atoms with Crippen LogP contribution in [0, 0.1) is 31.4 Å². The van der Waals surface area contributed by atoms with E-state index in [1.807, 2.05) is 19.9 Å². The molecule has 0 spiro atoms. The van der Waals surface area contributed by atoms with Gasteiger partial charge in [0.25, 0.3) is 5.91 Å². The monoisotopic (exact) mass is 746 g/mol. The number of nitrogens with zero attached hydrogens (tertiary/aromatic N) is 4. The van der Waals surface area contributed by atoms with Gasteiger partial charge in [0.15, 0.2) is 11.5 Å². The molecule has 0 bridgehead atoms. The summed E-state index contributed by atoms with van der Waals surface area (Å²) >= 11 is 0. The first-order valence-corrected chi connectivity index (χ1v) is 19.0. The number of halogens is 2. The minimum absolute atomic E-state index is 0.0107. The third-order valence-electron chi connectivity index (χ3n) is 11.8. The highest BCUT2D eigenvalue weighted by atomic mass is 19.1. The largest absolute Gasteiger partial charge is 0.481 e. The molecule has 2 aromatic heterocycles. The van der Waals surface area contributed by atoms with Gasteiger partial charge in [0, 0.05) is 60.8 Å². The average Bonchev–Trinajstić information content (AvgIpc) is 3.49. The zero-order valence-electron chi connectivity index (χ0n) is 30.9. The molecule has 284 valence electrons. The second-order valence-corrected chi connectivity index (χ2v) is 15.4. The maximum Gasteiger partial charge on any atom is 0.309 e. The summed E-state index contributed by atoms with van der Waals surface area (Å²) in [7, 11) is 0. The standard InChI is InChI=1S/C22H21N3.C21H23F2N3O4/c1-13-11-14(2)25-21(24-13)22(9-10-22)19-8-7-17-16-6-4-3-5-15(16)12-18(17)20(19)23;22-12-5-6-14(16(23)9-12)19-10-18(25-30-19)20(27)24-17-7-8-26(11-15(17)21(28)29)13-3-1-2-4-13/h3-8,11H,9-10,12,23H2,1-2H3;5-6,9-10,13,15,17H,1-4,7-8,11H2,(H,24,27)(H,28,29)/t;15-,17-/m.0/s1. The minimum Gasteiger partial charge on any atom is -0.481 e. The molecule has 1 aliphatic heterocycles. The summed E-state index contributed by atoms with van der Waals surface area (Å²) in [6.07, 6.45) is 8.11. The number of aliphatic carboxylic acids is 1. The van der Waals surface area contributed by atoms with Crippen LogP contribution in [0.2, 0.25) is 0 Å². The number of aryl methyl sites for hydroxylation is 2. The summed E-state index contributed by atoms with van der Waals surface area (Å²) in [5.74, 6) is -2.88. The molecule has 2 atom stereocenters. The van der Waals surface area contributed by atoms with E-state index in [2.05, 4.69) is 51.8 Å². The number of piperidine rings is 1. The van der Waals surface area contributed by atoms with Crippen LogP contribution in [0.15, 0.2) is 71.3 Å². The number of anilines is 1. The number of nitrogen functional groups attached to an aromatic ring is 1. The second-order valence-electron chi connectivity index (χ2n) is 15.4. The first kappa shape index (κ1) is 36.5. The van der Waals surface area contributed by atoms with E-state index in [0.29, 0.717) is 25.1 Å². The molecule has 2 saturated carbocycles. The third-order valence-corrected chi connectivity index (χ3v) is 11.8. The molecule has 4 aliphatic rings. The van der Waals surface area contributed by atoms with Crippen LogP contribution in [0.4, 0.5) is 14.5 Å². The van der Waals surface area contributed by atoms with Crippen LogP contribution in [-0.2, 0) is 16.6 Å². The average molecular weight is 747 g/mol. The van der Waals surface area contributed by atoms with Crippen molar-refractivity contribution in [2.45, 2.75) is 82.7 Å². The molecule has 3 aliphatic carbocycles. The van der Waals surface area contributed by atoms with Crippen molar-refractivity contribution in [2.24, 2.45) is 5.92 Å². The lowest BCUT2D eigenvalue weighted by molar-refractivity contribution is -0.145. The number of carbonyl (C=O) groups excluding carboxylic acids is 1. The number of benzene rings is 3. The molecule has 1 amide bonds. The molecule has 55 heavy (non-hydrogen) atoms. The van der Waals surface area contributed by atoms with E-state index in [1.54, 1.807) is 0 Å². The van der Waals surface area contributed by atoms with Crippen molar-refractivity contribution >= 4 is 17.6 Å². The maximum absolute atomic E-state index is 13.9. The Bertz CT molecular complexity index is 2260. The Balaban J connectivity index is 0.000000158. The predicted octanol–water partition coefficient (Wildman–Crippen LogP) is 7.39. The molecular formula is C43H44F2N6O4. The zero-order valence-corrected chi connectivity index (χ0v) is 30.9. The van der Waals surface area contributed by atoms with Crippen molar-refractivity contribution in [2.75, 3.05) is 18.8 Å². The fraction of sp³-hybridized carbons (Fsp3) is 0.372. The van der Waals surface area contributed by atoms with E-state index < -0.39 is 35.5 Å². The Labute approximate surface area is 318 Å². The lowest BCUT2D eigenvalue weighted by Gasteiger charge is -2.39. The first-order valence-electron chi connectivity index (χ1n) is 19.0. The molecule has 9 rings (SSSR count). The summed E-state index contributed by atoms with van der Waals surface area (Å²) in [4.78, 5) is 36.1. The van der Waals surface area contributed by atoms with Gasteiger partial charge in [-0.15, -0.1) is 0 Å². The molecular weight excluding hydrogens is 703 g/mol. The Morgan fingerprint density at radius 2 is 1.65 bits per heavy atom. The van der Waals surface area contributed by atoms with Gasteiger partial charge >= 0.3 is 5.97 Å². The number of amides is 1. The number of nitrogens with two attached hydrogens (primary N) is 1. The van der Waals surface area contributed by atoms with E-state index >= 15 is 0 Å². The Kier molecular flexibility index (Phi) is 9.71. The molecule has 3 fully saturated rings. The lowest BCUT2D eigenvalue weighted by atomic mass is 9.89. The van der Waals surface area contributed by atoms with Gasteiger partial charge in [-0.05, 0) is 92.0 Å². The topological polar surface area (TPSA) is 147 Å². The highest BCUT2D eigenvalue weighted by molar-refractivity contribution is 5.93. The van der Waals surface area contributed by atoms with Crippen LogP contribution in [0.5, 0.6) is 0 Å². The maximum atomic E-state index is 13.9. The summed E-state index contributed by atoms with van der Waals surface area (Å²) in [5, 5.41) is 16.1. The van der Waals surface area contributed by atoms with Gasteiger partial charge in [0.05, 0.1) is 16.9 Å². The van der Waals surface area contributed by atoms with Gasteiger partial charge < -0.3 is 20.7 Å². The van der Waals surface area contributed by atoms with E-state index in [1.165, 1.54) is 52.8 Å². The molecule has 1 saturated heterocycles. The van der Waals surface area contributed by atoms with Crippen molar-refractivity contribution < 1.29 is 28.0 Å². The van der Waals surface area contributed by atoms with Crippen molar-refractivity contribution in [1.82, 2.24) is 25.3 Å². The number of hydrogen-bond acceptors (Lipinski definition) is 8. The Hall–Kier alpha value is -5.49. The highest BCUT2D eigenvalue weighted by Crippen LogP contribution is 2.56. The van der Waals surface area contributed by atoms with Crippen LogP contribution in [-0.4, -0.2) is 62.2 Å². The summed E-state index contributed by atoms with van der Waals surface area (Å²) < 4.78 is 32.1. The van der Waals surface area contributed by atoms with E-state index in [0.717, 1.165) is 67.6 Å². The molecule has 3 heterocycles. The van der Waals surface area contributed by atoms with Gasteiger partial charge in [-0.1, -0.05) is 54.4 Å². The summed E-state index contributed by atoms with van der Waals surface area (Å²) in [6, 6.07) is 19.2. The number of carboxylic acid groups (broad SMARTS) is 1. The molecule has 0 unspecified atom stereocenters. The van der Waals surface area contributed by atoms with Crippen molar-refractivity contribution in [1.29, 1.82) is 0 Å². The summed E-state index contributed by atoms with van der Waals surface area (Å²) in [6.45, 7) is 5.20. The Morgan fingerprint density at radius 1 is 0.927 bits per heavy atom. The first-order chi connectivity index (χ1) is 26.5. The van der Waals surface area contributed by atoms with E-state index in [9.17, 15) is 23.5 Å². The van der Waals surface area contributed by atoms with Gasteiger partial charge in [-0.2, -0.15) is 0 Å². The van der Waals surface area contributed by atoms with Crippen LogP contribution in [0.1, 0.15) is 89.3 Å². The highest BCUT2D eigenvalue weighted by Gasteiger charge is 2.50. The molecule has 0 radical (unpaired) electrons. The minimum atomic E-state index is -0.947. The SMILES string of the molecule is Cc1cc(C)nc(C2(c3ccc4c(c3N)Cc3ccccc3-4)CC2)n1.O=C(N[C@H]1CCN(C2CCCC2)C[C@@H]1C(=O)O)c1cc(-c2ccc(F)cc2F)on1. The molecule has 5 aromatic rings. The van der Waals surface area contributed by atoms with Crippen LogP contribution in [0.3, 0.4) is 0 Å². The molecule has 4 N–H and O–H groups in total.